The van der Waals surface area contributed by atoms with Gasteiger partial charge in [-0.15, -0.1) is 0 Å². The molecule has 1 fully saturated rings. The van der Waals surface area contributed by atoms with Crippen molar-refractivity contribution in [2.24, 2.45) is 5.92 Å². The molecule has 1 saturated carbocycles. The fraction of sp³-hybridized carbons (Fsp3) is 0.304. The molecule has 0 unspecified atom stereocenters. The van der Waals surface area contributed by atoms with E-state index in [1.54, 1.807) is 0 Å². The molecule has 0 atom stereocenters. The summed E-state index contributed by atoms with van der Waals surface area (Å²) in [5.41, 5.74) is 4.54. The van der Waals surface area contributed by atoms with E-state index in [0.29, 0.717) is 37.5 Å². The molecule has 2 aliphatic carbocycles. The van der Waals surface area contributed by atoms with E-state index in [0.717, 1.165) is 34.2 Å². The van der Waals surface area contributed by atoms with Gasteiger partial charge in [-0.1, -0.05) is 35.5 Å². The maximum Gasteiger partial charge on any atom is 0.306 e. The van der Waals surface area contributed by atoms with E-state index in [9.17, 15) is 9.59 Å². The quantitative estimate of drug-likeness (QED) is 0.649. The van der Waals surface area contributed by atoms with Gasteiger partial charge in [-0.3, -0.25) is 9.59 Å². The molecule has 2 aromatic carbocycles. The fourth-order valence-corrected chi connectivity index (χ4v) is 4.05. The number of benzene rings is 2. The van der Waals surface area contributed by atoms with Crippen molar-refractivity contribution in [1.29, 1.82) is 0 Å². The van der Waals surface area contributed by atoms with Crippen LogP contribution in [0, 0.1) is 5.92 Å². The molecule has 3 aromatic rings. The molecule has 0 spiro atoms. The molecule has 1 heterocycles. The van der Waals surface area contributed by atoms with Crippen LogP contribution in [0.15, 0.2) is 47.0 Å². The molecule has 0 aliphatic heterocycles. The smallest absolute Gasteiger partial charge is 0.306 e. The second-order valence-electron chi connectivity index (χ2n) is 8.00. The highest BCUT2D eigenvalue weighted by molar-refractivity contribution is 6.01. The van der Waals surface area contributed by atoms with Gasteiger partial charge in [0, 0.05) is 35.7 Å². The molecule has 152 valence electrons. The number of ketones is 1. The van der Waals surface area contributed by atoms with E-state index in [-0.39, 0.29) is 17.7 Å². The van der Waals surface area contributed by atoms with Crippen LogP contribution in [0.25, 0.3) is 22.8 Å². The van der Waals surface area contributed by atoms with Crippen LogP contribution in [-0.4, -0.2) is 33.0 Å². The van der Waals surface area contributed by atoms with Crippen molar-refractivity contribution in [2.75, 3.05) is 0 Å². The number of hydrogen-bond donors (Lipinski definition) is 2. The molecule has 0 bridgehead atoms. The van der Waals surface area contributed by atoms with Crippen LogP contribution in [0.3, 0.4) is 0 Å². The van der Waals surface area contributed by atoms with E-state index in [2.05, 4.69) is 15.5 Å². The van der Waals surface area contributed by atoms with Crippen LogP contribution in [0.5, 0.6) is 0 Å². The number of aliphatic carboxylic acids is 1. The Kier molecular flexibility index (Phi) is 4.67. The number of carbonyl (C=O) groups is 2. The average molecular weight is 403 g/mol. The Labute approximate surface area is 173 Å². The molecule has 7 heteroatoms. The predicted octanol–water partition coefficient (Wildman–Crippen LogP) is 3.49. The maximum absolute atomic E-state index is 12.0. The van der Waals surface area contributed by atoms with E-state index >= 15 is 0 Å². The third-order valence-electron chi connectivity index (χ3n) is 6.00. The molecule has 0 radical (unpaired) electrons. The Morgan fingerprint density at radius 1 is 1.10 bits per heavy atom. The van der Waals surface area contributed by atoms with Crippen LogP contribution >= 0.6 is 0 Å². The van der Waals surface area contributed by atoms with Crippen molar-refractivity contribution < 1.29 is 19.2 Å². The summed E-state index contributed by atoms with van der Waals surface area (Å²) in [6, 6.07) is 13.9. The number of nitrogens with one attached hydrogen (secondary N) is 1. The lowest BCUT2D eigenvalue weighted by Crippen LogP contribution is -2.43. The van der Waals surface area contributed by atoms with Crippen molar-refractivity contribution in [2.45, 2.75) is 38.3 Å². The number of carbonyl (C=O) groups excluding carboxylic acids is 1. The van der Waals surface area contributed by atoms with Crippen LogP contribution in [0.2, 0.25) is 0 Å². The summed E-state index contributed by atoms with van der Waals surface area (Å²) in [6.07, 6.45) is 2.74. The number of nitrogens with zero attached hydrogens (tertiary/aromatic N) is 2. The molecular formula is C23H21N3O4. The normalized spacial score (nSPS) is 20.1. The summed E-state index contributed by atoms with van der Waals surface area (Å²) >= 11 is 0. The number of Topliss-reactive ketones (excluding diaryl/α,β-unsaturated/α-hetero) is 1. The zero-order chi connectivity index (χ0) is 20.7. The minimum Gasteiger partial charge on any atom is -0.481 e. The van der Waals surface area contributed by atoms with Gasteiger partial charge in [0.25, 0.3) is 5.89 Å². The van der Waals surface area contributed by atoms with Crippen molar-refractivity contribution in [1.82, 2.24) is 15.5 Å². The molecule has 0 amide bonds. The first-order valence-electron chi connectivity index (χ1n) is 10.1. The Hall–Kier alpha value is -3.32. The summed E-state index contributed by atoms with van der Waals surface area (Å²) < 4.78 is 5.43. The Morgan fingerprint density at radius 3 is 2.63 bits per heavy atom. The van der Waals surface area contributed by atoms with Crippen molar-refractivity contribution in [3.05, 3.63) is 59.2 Å². The third kappa shape index (κ3) is 3.52. The van der Waals surface area contributed by atoms with Gasteiger partial charge in [0.15, 0.2) is 5.78 Å². The third-order valence-corrected chi connectivity index (χ3v) is 6.00. The molecule has 30 heavy (non-hydrogen) atoms. The van der Waals surface area contributed by atoms with Crippen molar-refractivity contribution in [3.63, 3.8) is 0 Å². The monoisotopic (exact) mass is 403 g/mol. The highest BCUT2D eigenvalue weighted by Crippen LogP contribution is 2.29. The molecule has 2 aliphatic rings. The molecule has 5 rings (SSSR count). The Bertz CT molecular complexity index is 1110. The zero-order valence-corrected chi connectivity index (χ0v) is 16.3. The fourth-order valence-electron chi connectivity index (χ4n) is 4.05. The summed E-state index contributed by atoms with van der Waals surface area (Å²) in [6.45, 7) is 0.692. The largest absolute Gasteiger partial charge is 0.481 e. The standard InChI is InChI=1S/C23H21N3O4/c27-20-8-7-14-5-6-16(11-19(14)20)22-25-21(26-30-22)15-3-1-13(2-4-15)12-24-18-9-17(10-18)23(28)29/h1-6,11,17-18,24H,7-10,12H2,(H,28,29). The molecule has 2 N–H and O–H groups in total. The SMILES string of the molecule is O=C1CCc2ccc(-c3nc(-c4ccc(CNC5CC(C(=O)O)C5)cc4)no3)cc21. The van der Waals surface area contributed by atoms with Crippen molar-refractivity contribution in [3.8, 4) is 22.8 Å². The number of fused-ring (bicyclic) bond motifs is 1. The van der Waals surface area contributed by atoms with Gasteiger partial charge >= 0.3 is 5.97 Å². The number of hydrogen-bond acceptors (Lipinski definition) is 6. The van der Waals surface area contributed by atoms with Gasteiger partial charge in [-0.25, -0.2) is 0 Å². The molecule has 7 nitrogen and oxygen atoms in total. The lowest BCUT2D eigenvalue weighted by molar-refractivity contribution is -0.145. The average Bonchev–Trinajstić information content (AvgIpc) is 3.34. The topological polar surface area (TPSA) is 105 Å². The number of aromatic nitrogens is 2. The van der Waals surface area contributed by atoms with Crippen molar-refractivity contribution >= 4 is 11.8 Å². The number of carboxylic acids is 1. The predicted molar refractivity (Wildman–Crippen MR) is 109 cm³/mol. The maximum atomic E-state index is 12.0. The van der Waals surface area contributed by atoms with E-state index < -0.39 is 5.97 Å². The first-order valence-corrected chi connectivity index (χ1v) is 10.1. The molecule has 1 aromatic heterocycles. The van der Waals surface area contributed by atoms with E-state index in [4.69, 9.17) is 9.63 Å². The van der Waals surface area contributed by atoms with Crippen LogP contribution in [0.1, 0.15) is 40.7 Å². The van der Waals surface area contributed by atoms with Gasteiger partial charge in [0.2, 0.25) is 5.82 Å². The van der Waals surface area contributed by atoms with Crippen LogP contribution < -0.4 is 5.32 Å². The number of rotatable bonds is 6. The van der Waals surface area contributed by atoms with E-state index in [1.807, 2.05) is 42.5 Å². The van der Waals surface area contributed by atoms with Gasteiger partial charge < -0.3 is 14.9 Å². The summed E-state index contributed by atoms with van der Waals surface area (Å²) in [5.74, 6) is 0.150. The minimum absolute atomic E-state index is 0.163. The summed E-state index contributed by atoms with van der Waals surface area (Å²) in [4.78, 5) is 27.3. The van der Waals surface area contributed by atoms with Gasteiger partial charge in [-0.2, -0.15) is 4.98 Å². The Balaban J connectivity index is 1.24. The highest BCUT2D eigenvalue weighted by atomic mass is 16.5. The summed E-state index contributed by atoms with van der Waals surface area (Å²) in [7, 11) is 0. The first-order chi connectivity index (χ1) is 14.6. The minimum atomic E-state index is -0.705. The molecular weight excluding hydrogens is 382 g/mol. The second-order valence-corrected chi connectivity index (χ2v) is 8.00. The first kappa shape index (κ1) is 18.7. The Morgan fingerprint density at radius 2 is 1.87 bits per heavy atom. The number of carboxylic acid groups (broad SMARTS) is 1. The lowest BCUT2D eigenvalue weighted by Gasteiger charge is -2.33. The van der Waals surface area contributed by atoms with Crippen LogP contribution in [-0.2, 0) is 17.8 Å². The van der Waals surface area contributed by atoms with Gasteiger partial charge in [0.05, 0.1) is 5.92 Å². The molecule has 0 saturated heterocycles. The number of aryl methyl sites for hydroxylation is 1. The van der Waals surface area contributed by atoms with E-state index in [1.165, 1.54) is 0 Å². The lowest BCUT2D eigenvalue weighted by atomic mass is 9.80. The highest BCUT2D eigenvalue weighted by Gasteiger charge is 2.33. The zero-order valence-electron chi connectivity index (χ0n) is 16.3. The summed E-state index contributed by atoms with van der Waals surface area (Å²) in [5, 5.41) is 16.4. The second kappa shape index (κ2) is 7.50. The van der Waals surface area contributed by atoms with Crippen LogP contribution in [0.4, 0.5) is 0 Å². The van der Waals surface area contributed by atoms with Gasteiger partial charge in [-0.05, 0) is 42.5 Å². The van der Waals surface area contributed by atoms with Gasteiger partial charge in [0.1, 0.15) is 0 Å².